The Hall–Kier alpha value is -2.89. The lowest BCUT2D eigenvalue weighted by molar-refractivity contribution is -0.118. The Kier molecular flexibility index (Phi) is 7.54. The summed E-state index contributed by atoms with van der Waals surface area (Å²) in [6.07, 6.45) is 2.61. The van der Waals surface area contributed by atoms with Crippen LogP contribution in [0.15, 0.2) is 64.6 Å². The molecule has 11 heteroatoms. The van der Waals surface area contributed by atoms with Gasteiger partial charge in [-0.3, -0.25) is 9.36 Å². The number of benzene rings is 2. The summed E-state index contributed by atoms with van der Waals surface area (Å²) in [7, 11) is -3.50. The Balaban J connectivity index is 1.39. The van der Waals surface area contributed by atoms with Gasteiger partial charge in [0.15, 0.2) is 5.16 Å². The second kappa shape index (κ2) is 10.6. The number of rotatable bonds is 9. The van der Waals surface area contributed by atoms with Gasteiger partial charge in [0, 0.05) is 24.5 Å². The molecule has 180 valence electrons. The number of aryl methyl sites for hydroxylation is 1. The number of carbonyl (C=O) groups excluding carboxylic acids is 1. The lowest BCUT2D eigenvalue weighted by Crippen LogP contribution is -2.28. The minimum Gasteiger partial charge on any atom is -0.368 e. The lowest BCUT2D eigenvalue weighted by Gasteiger charge is -2.17. The summed E-state index contributed by atoms with van der Waals surface area (Å²) in [4.78, 5) is 13.1. The molecule has 0 spiro atoms. The Bertz CT molecular complexity index is 1220. The van der Waals surface area contributed by atoms with Gasteiger partial charge in [-0.15, -0.1) is 10.2 Å². The van der Waals surface area contributed by atoms with Crippen LogP contribution >= 0.6 is 11.8 Å². The Labute approximate surface area is 203 Å². The third-order valence-electron chi connectivity index (χ3n) is 5.75. The number of thioether (sulfide) groups is 1. The molecule has 0 aliphatic carbocycles. The van der Waals surface area contributed by atoms with E-state index in [2.05, 4.69) is 27.6 Å². The van der Waals surface area contributed by atoms with Gasteiger partial charge in [-0.05, 0) is 56.0 Å². The number of hydrogen-bond donors (Lipinski definition) is 2. The van der Waals surface area contributed by atoms with Crippen molar-refractivity contribution in [1.29, 1.82) is 0 Å². The van der Waals surface area contributed by atoms with Crippen molar-refractivity contribution in [2.75, 3.05) is 29.9 Å². The van der Waals surface area contributed by atoms with Crippen molar-refractivity contribution < 1.29 is 13.2 Å². The van der Waals surface area contributed by atoms with Crippen LogP contribution in [-0.4, -0.2) is 52.2 Å². The summed E-state index contributed by atoms with van der Waals surface area (Å²) in [6.45, 7) is 2.82. The average molecular weight is 501 g/mol. The zero-order valence-corrected chi connectivity index (χ0v) is 20.6. The van der Waals surface area contributed by atoms with Gasteiger partial charge in [-0.2, -0.15) is 4.31 Å². The molecule has 34 heavy (non-hydrogen) atoms. The fourth-order valence-corrected chi connectivity index (χ4v) is 6.33. The summed E-state index contributed by atoms with van der Waals surface area (Å²) in [6, 6.07) is 15.7. The van der Waals surface area contributed by atoms with Crippen LogP contribution in [0.25, 0.3) is 0 Å². The SMILES string of the molecule is CC(C(=O)Nc1ccc(S(=O)(=O)N2CCCC2)cc1)n1c(N)nnc1SCCc1ccccc1. The third-order valence-corrected chi connectivity index (χ3v) is 8.60. The van der Waals surface area contributed by atoms with Gasteiger partial charge in [0.2, 0.25) is 21.9 Å². The summed E-state index contributed by atoms with van der Waals surface area (Å²) >= 11 is 1.49. The van der Waals surface area contributed by atoms with Gasteiger partial charge in [0.25, 0.3) is 0 Å². The van der Waals surface area contributed by atoms with E-state index in [-0.39, 0.29) is 16.8 Å². The first-order valence-corrected chi connectivity index (χ1v) is 13.6. The van der Waals surface area contributed by atoms with Crippen LogP contribution in [-0.2, 0) is 21.2 Å². The second-order valence-electron chi connectivity index (χ2n) is 8.10. The lowest BCUT2D eigenvalue weighted by atomic mass is 10.2. The summed E-state index contributed by atoms with van der Waals surface area (Å²) in [5.74, 6) is 0.632. The molecule has 2 aromatic carbocycles. The van der Waals surface area contributed by atoms with Crippen LogP contribution < -0.4 is 11.1 Å². The van der Waals surface area contributed by atoms with E-state index in [9.17, 15) is 13.2 Å². The maximum absolute atomic E-state index is 12.9. The van der Waals surface area contributed by atoms with E-state index in [4.69, 9.17) is 5.73 Å². The van der Waals surface area contributed by atoms with Gasteiger partial charge in [0.05, 0.1) is 4.90 Å². The molecule has 0 saturated carbocycles. The molecular weight excluding hydrogens is 472 g/mol. The van der Waals surface area contributed by atoms with E-state index in [1.165, 1.54) is 33.8 Å². The number of nitrogens with two attached hydrogens (primary N) is 1. The highest BCUT2D eigenvalue weighted by Gasteiger charge is 2.27. The summed E-state index contributed by atoms with van der Waals surface area (Å²) in [5, 5.41) is 11.5. The smallest absolute Gasteiger partial charge is 0.247 e. The quantitative estimate of drug-likeness (QED) is 0.433. The number of nitrogens with zero attached hydrogens (tertiary/aromatic N) is 4. The van der Waals surface area contributed by atoms with Gasteiger partial charge in [-0.1, -0.05) is 42.1 Å². The third kappa shape index (κ3) is 5.43. The molecule has 0 radical (unpaired) electrons. The van der Waals surface area contributed by atoms with Crippen LogP contribution in [0.2, 0.25) is 0 Å². The van der Waals surface area contributed by atoms with Crippen molar-refractivity contribution >= 4 is 39.3 Å². The highest BCUT2D eigenvalue weighted by molar-refractivity contribution is 7.99. The Morgan fingerprint density at radius 1 is 1.09 bits per heavy atom. The number of nitrogens with one attached hydrogen (secondary N) is 1. The standard InChI is InChI=1S/C23H28N6O3S2/c1-17(29-22(24)26-27-23(29)33-16-13-18-7-3-2-4-8-18)21(30)25-19-9-11-20(12-10-19)34(31,32)28-14-5-6-15-28/h2-4,7-12,17H,5-6,13-16H2,1H3,(H2,24,26)(H,25,30). The minimum atomic E-state index is -3.50. The van der Waals surface area contributed by atoms with Crippen molar-refractivity contribution in [2.24, 2.45) is 0 Å². The number of sulfonamides is 1. The number of hydrogen-bond acceptors (Lipinski definition) is 7. The predicted molar refractivity (Wildman–Crippen MR) is 133 cm³/mol. The van der Waals surface area contributed by atoms with Gasteiger partial charge in [0.1, 0.15) is 6.04 Å². The molecule has 1 aromatic heterocycles. The highest BCUT2D eigenvalue weighted by atomic mass is 32.2. The van der Waals surface area contributed by atoms with Gasteiger partial charge >= 0.3 is 0 Å². The normalized spacial score (nSPS) is 15.3. The maximum Gasteiger partial charge on any atom is 0.247 e. The van der Waals surface area contributed by atoms with E-state index in [0.29, 0.717) is 23.9 Å². The Morgan fingerprint density at radius 3 is 2.44 bits per heavy atom. The average Bonchev–Trinajstić information content (AvgIpc) is 3.50. The first-order chi connectivity index (χ1) is 16.4. The van der Waals surface area contributed by atoms with E-state index in [1.54, 1.807) is 23.6 Å². The maximum atomic E-state index is 12.9. The van der Waals surface area contributed by atoms with Crippen molar-refractivity contribution in [2.45, 2.75) is 42.3 Å². The van der Waals surface area contributed by atoms with Gasteiger partial charge in [-0.25, -0.2) is 8.42 Å². The molecule has 1 aliphatic heterocycles. The molecular formula is C23H28N6O3S2. The van der Waals surface area contributed by atoms with Crippen molar-refractivity contribution in [3.05, 3.63) is 60.2 Å². The zero-order chi connectivity index (χ0) is 24.1. The molecule has 3 aromatic rings. The molecule has 3 N–H and O–H groups in total. The molecule has 1 amide bonds. The number of amides is 1. The molecule has 1 atom stereocenters. The fourth-order valence-electron chi connectivity index (χ4n) is 3.81. The fraction of sp³-hybridized carbons (Fsp3) is 0.348. The largest absolute Gasteiger partial charge is 0.368 e. The number of anilines is 2. The van der Waals surface area contributed by atoms with Crippen molar-refractivity contribution in [3.8, 4) is 0 Å². The number of carbonyl (C=O) groups is 1. The first kappa shape index (κ1) is 24.2. The zero-order valence-electron chi connectivity index (χ0n) is 18.9. The van der Waals surface area contributed by atoms with E-state index in [1.807, 2.05) is 18.2 Å². The summed E-state index contributed by atoms with van der Waals surface area (Å²) in [5.41, 5.74) is 7.73. The minimum absolute atomic E-state index is 0.164. The highest BCUT2D eigenvalue weighted by Crippen LogP contribution is 2.26. The van der Waals surface area contributed by atoms with Crippen molar-refractivity contribution in [1.82, 2.24) is 19.1 Å². The van der Waals surface area contributed by atoms with Crippen LogP contribution in [0.4, 0.5) is 11.6 Å². The molecule has 1 unspecified atom stereocenters. The predicted octanol–water partition coefficient (Wildman–Crippen LogP) is 3.18. The van der Waals surface area contributed by atoms with Gasteiger partial charge < -0.3 is 11.1 Å². The Morgan fingerprint density at radius 2 is 1.76 bits per heavy atom. The molecule has 1 fully saturated rings. The molecule has 0 bridgehead atoms. The van der Waals surface area contributed by atoms with Crippen molar-refractivity contribution in [3.63, 3.8) is 0 Å². The molecule has 2 heterocycles. The van der Waals surface area contributed by atoms with Crippen LogP contribution in [0.3, 0.4) is 0 Å². The first-order valence-electron chi connectivity index (χ1n) is 11.1. The monoisotopic (exact) mass is 500 g/mol. The second-order valence-corrected chi connectivity index (χ2v) is 11.1. The topological polar surface area (TPSA) is 123 Å². The molecule has 4 rings (SSSR count). The molecule has 1 saturated heterocycles. The van der Waals surface area contributed by atoms with Crippen LogP contribution in [0.5, 0.6) is 0 Å². The molecule has 9 nitrogen and oxygen atoms in total. The van der Waals surface area contributed by atoms with Crippen LogP contribution in [0.1, 0.15) is 31.4 Å². The number of nitrogen functional groups attached to an aromatic ring is 1. The van der Waals surface area contributed by atoms with E-state index >= 15 is 0 Å². The molecule has 1 aliphatic rings. The number of aromatic nitrogens is 3. The van der Waals surface area contributed by atoms with Crippen LogP contribution in [0, 0.1) is 0 Å². The summed E-state index contributed by atoms with van der Waals surface area (Å²) < 4.78 is 28.5. The van der Waals surface area contributed by atoms with E-state index in [0.717, 1.165) is 25.0 Å². The van der Waals surface area contributed by atoms with E-state index < -0.39 is 16.1 Å².